The van der Waals surface area contributed by atoms with Gasteiger partial charge in [-0.3, -0.25) is 19.6 Å². The molecule has 0 saturated carbocycles. The zero-order valence-corrected chi connectivity index (χ0v) is 16.9. The van der Waals surface area contributed by atoms with Gasteiger partial charge in [0.15, 0.2) is 0 Å². The summed E-state index contributed by atoms with van der Waals surface area (Å²) in [7, 11) is 0. The Morgan fingerprint density at radius 2 is 2.10 bits per heavy atom. The summed E-state index contributed by atoms with van der Waals surface area (Å²) in [6.45, 7) is 2.55. The van der Waals surface area contributed by atoms with Crippen molar-refractivity contribution in [2.45, 2.75) is 39.0 Å². The van der Waals surface area contributed by atoms with E-state index in [0.717, 1.165) is 6.07 Å². The van der Waals surface area contributed by atoms with Crippen molar-refractivity contribution in [3.8, 4) is 0 Å². The maximum Gasteiger partial charge on any atom is 0.314 e. The summed E-state index contributed by atoms with van der Waals surface area (Å²) >= 11 is 0. The van der Waals surface area contributed by atoms with E-state index in [4.69, 9.17) is 4.74 Å². The number of amides is 1. The maximum atomic E-state index is 14.3. The Kier molecular flexibility index (Phi) is 7.07. The molecule has 160 valence electrons. The number of benzene rings is 1. The van der Waals surface area contributed by atoms with E-state index < -0.39 is 23.0 Å². The highest BCUT2D eigenvalue weighted by atomic mass is 19.1. The third kappa shape index (κ3) is 5.17. The van der Waals surface area contributed by atoms with Crippen molar-refractivity contribution in [3.63, 3.8) is 0 Å². The van der Waals surface area contributed by atoms with Gasteiger partial charge in [-0.1, -0.05) is 6.07 Å². The van der Waals surface area contributed by atoms with E-state index in [9.17, 15) is 18.4 Å². The Balaban J connectivity index is 1.76. The number of aromatic nitrogens is 2. The van der Waals surface area contributed by atoms with Crippen molar-refractivity contribution < 1.29 is 23.1 Å². The molecular formula is C22H25F2N3O3. The van der Waals surface area contributed by atoms with E-state index in [1.165, 1.54) is 12.1 Å². The van der Waals surface area contributed by atoms with Gasteiger partial charge in [0.1, 0.15) is 11.6 Å². The number of halogens is 2. The van der Waals surface area contributed by atoms with Crippen LogP contribution in [0, 0.1) is 17.0 Å². The normalized spacial score (nSPS) is 18.8. The maximum absolute atomic E-state index is 14.3. The fourth-order valence-corrected chi connectivity index (χ4v) is 3.89. The Morgan fingerprint density at radius 3 is 2.80 bits per heavy atom. The van der Waals surface area contributed by atoms with Crippen LogP contribution in [0.1, 0.15) is 37.4 Å². The second-order valence-corrected chi connectivity index (χ2v) is 7.53. The first kappa shape index (κ1) is 21.8. The summed E-state index contributed by atoms with van der Waals surface area (Å²) < 4.78 is 32.9. The molecule has 1 aromatic carbocycles. The van der Waals surface area contributed by atoms with Crippen LogP contribution < -0.4 is 0 Å². The molecular weight excluding hydrogens is 392 g/mol. The zero-order chi connectivity index (χ0) is 21.6. The monoisotopic (exact) mass is 417 g/mol. The molecule has 1 aliphatic rings. The Labute approximate surface area is 174 Å². The van der Waals surface area contributed by atoms with Gasteiger partial charge in [-0.05, 0) is 44.2 Å². The van der Waals surface area contributed by atoms with E-state index in [1.54, 1.807) is 30.4 Å². The molecule has 30 heavy (non-hydrogen) atoms. The number of hydrogen-bond donors (Lipinski definition) is 0. The summed E-state index contributed by atoms with van der Waals surface area (Å²) in [5, 5.41) is 0. The van der Waals surface area contributed by atoms with Crippen molar-refractivity contribution in [1.29, 1.82) is 0 Å². The number of esters is 1. The number of hydrogen-bond acceptors (Lipinski definition) is 5. The molecule has 1 saturated heterocycles. The quantitative estimate of drug-likeness (QED) is 0.648. The van der Waals surface area contributed by atoms with Crippen LogP contribution in [0.4, 0.5) is 8.78 Å². The minimum atomic E-state index is -1.06. The average Bonchev–Trinajstić information content (AvgIpc) is 2.75. The summed E-state index contributed by atoms with van der Waals surface area (Å²) in [4.78, 5) is 35.5. The lowest BCUT2D eigenvalue weighted by atomic mass is 9.74. The number of rotatable bonds is 7. The van der Waals surface area contributed by atoms with Gasteiger partial charge in [-0.2, -0.15) is 0 Å². The number of likely N-dealkylation sites (tertiary alicyclic amines) is 1. The van der Waals surface area contributed by atoms with E-state index >= 15 is 0 Å². The minimum Gasteiger partial charge on any atom is -0.466 e. The number of carbonyl (C=O) groups excluding carboxylic acids is 2. The standard InChI is InChI=1S/C22H25F2N3O3/c1-2-30-21(29)22(13-16-4-5-17(23)12-19(16)24)8-3-11-27(15-22)20(28)7-6-18-14-25-9-10-26-18/h4-5,9-10,12,14H,2-3,6-8,11,13,15H2,1H3. The van der Waals surface area contributed by atoms with Crippen molar-refractivity contribution in [3.05, 3.63) is 59.7 Å². The predicted molar refractivity (Wildman–Crippen MR) is 105 cm³/mol. The van der Waals surface area contributed by atoms with Crippen molar-refractivity contribution in [2.24, 2.45) is 5.41 Å². The summed E-state index contributed by atoms with van der Waals surface area (Å²) in [6, 6.07) is 3.32. The summed E-state index contributed by atoms with van der Waals surface area (Å²) in [5.74, 6) is -1.94. The number of piperidine rings is 1. The van der Waals surface area contributed by atoms with Crippen LogP contribution in [-0.4, -0.2) is 46.4 Å². The van der Waals surface area contributed by atoms with Crippen molar-refractivity contribution in [1.82, 2.24) is 14.9 Å². The molecule has 6 nitrogen and oxygen atoms in total. The first-order valence-electron chi connectivity index (χ1n) is 10.1. The first-order valence-corrected chi connectivity index (χ1v) is 10.1. The van der Waals surface area contributed by atoms with Gasteiger partial charge < -0.3 is 9.64 Å². The Hall–Kier alpha value is -2.90. The van der Waals surface area contributed by atoms with E-state index in [0.29, 0.717) is 31.5 Å². The van der Waals surface area contributed by atoms with Crippen LogP contribution in [-0.2, 0) is 27.2 Å². The molecule has 0 radical (unpaired) electrons. The number of ether oxygens (including phenoxy) is 1. The molecule has 0 spiro atoms. The van der Waals surface area contributed by atoms with E-state index in [1.807, 2.05) is 0 Å². The molecule has 1 atom stereocenters. The predicted octanol–water partition coefficient (Wildman–Crippen LogP) is 3.10. The molecule has 1 fully saturated rings. The third-order valence-corrected chi connectivity index (χ3v) is 5.39. The van der Waals surface area contributed by atoms with E-state index in [2.05, 4.69) is 9.97 Å². The highest BCUT2D eigenvalue weighted by Gasteiger charge is 2.45. The summed E-state index contributed by atoms with van der Waals surface area (Å²) in [6.07, 6.45) is 6.55. The fourth-order valence-electron chi connectivity index (χ4n) is 3.89. The Bertz CT molecular complexity index is 894. The van der Waals surface area contributed by atoms with Gasteiger partial charge in [0.05, 0.1) is 17.7 Å². The van der Waals surface area contributed by atoms with Gasteiger partial charge in [0.25, 0.3) is 0 Å². The summed E-state index contributed by atoms with van der Waals surface area (Å²) in [5.41, 5.74) is -0.110. The lowest BCUT2D eigenvalue weighted by Gasteiger charge is -2.41. The van der Waals surface area contributed by atoms with Crippen LogP contribution in [0.3, 0.4) is 0 Å². The van der Waals surface area contributed by atoms with E-state index in [-0.39, 0.29) is 37.5 Å². The average molecular weight is 417 g/mol. The molecule has 1 unspecified atom stereocenters. The highest BCUT2D eigenvalue weighted by Crippen LogP contribution is 2.36. The number of nitrogens with zero attached hydrogens (tertiary/aromatic N) is 3. The molecule has 2 heterocycles. The van der Waals surface area contributed by atoms with Crippen molar-refractivity contribution >= 4 is 11.9 Å². The van der Waals surface area contributed by atoms with Gasteiger partial charge in [0.2, 0.25) is 5.91 Å². The van der Waals surface area contributed by atoms with Crippen LogP contribution in [0.25, 0.3) is 0 Å². The zero-order valence-electron chi connectivity index (χ0n) is 16.9. The van der Waals surface area contributed by atoms with Gasteiger partial charge >= 0.3 is 5.97 Å². The van der Waals surface area contributed by atoms with Gasteiger partial charge in [-0.25, -0.2) is 8.78 Å². The topological polar surface area (TPSA) is 72.4 Å². The van der Waals surface area contributed by atoms with Crippen LogP contribution in [0.2, 0.25) is 0 Å². The molecule has 0 aliphatic carbocycles. The largest absolute Gasteiger partial charge is 0.466 e. The number of carbonyl (C=O) groups is 2. The molecule has 1 amide bonds. The second kappa shape index (κ2) is 9.73. The molecule has 3 rings (SSSR count). The SMILES string of the molecule is CCOC(=O)C1(Cc2ccc(F)cc2F)CCCN(C(=O)CCc2cnccn2)C1. The minimum absolute atomic E-state index is 0.0475. The van der Waals surface area contributed by atoms with Crippen LogP contribution >= 0.6 is 0 Å². The van der Waals surface area contributed by atoms with Gasteiger partial charge in [-0.15, -0.1) is 0 Å². The molecule has 2 aromatic rings. The second-order valence-electron chi connectivity index (χ2n) is 7.53. The van der Waals surface area contributed by atoms with Crippen LogP contribution in [0.15, 0.2) is 36.8 Å². The van der Waals surface area contributed by atoms with Crippen LogP contribution in [0.5, 0.6) is 0 Å². The number of aryl methyl sites for hydroxylation is 1. The fraction of sp³-hybridized carbons (Fsp3) is 0.455. The Morgan fingerprint density at radius 1 is 1.27 bits per heavy atom. The van der Waals surface area contributed by atoms with Crippen molar-refractivity contribution in [2.75, 3.05) is 19.7 Å². The molecule has 0 bridgehead atoms. The molecule has 8 heteroatoms. The first-order chi connectivity index (χ1) is 14.4. The third-order valence-electron chi connectivity index (χ3n) is 5.39. The highest BCUT2D eigenvalue weighted by molar-refractivity contribution is 5.81. The van der Waals surface area contributed by atoms with Gasteiger partial charge in [0, 0.05) is 44.2 Å². The molecule has 1 aromatic heterocycles. The lowest BCUT2D eigenvalue weighted by Crippen LogP contribution is -2.51. The smallest absolute Gasteiger partial charge is 0.314 e. The molecule has 1 aliphatic heterocycles. The lowest BCUT2D eigenvalue weighted by molar-refractivity contribution is -0.160. The molecule has 0 N–H and O–H groups in total.